The second-order valence-electron chi connectivity index (χ2n) is 16.3. The highest BCUT2D eigenvalue weighted by atomic mass is 16.6. The molecule has 0 saturated carbocycles. The Morgan fingerprint density at radius 3 is 1.48 bits per heavy atom. The van der Waals surface area contributed by atoms with E-state index in [2.05, 4.69) is 92.8 Å². The average Bonchev–Trinajstić information content (AvgIpc) is 3.22. The molecule has 0 aliphatic carbocycles. The van der Waals surface area contributed by atoms with Gasteiger partial charge in [-0.25, -0.2) is 0 Å². The number of carbonyl (C=O) groups is 3. The molecule has 0 bridgehead atoms. The molecule has 0 fully saturated rings. The summed E-state index contributed by atoms with van der Waals surface area (Å²) in [6.45, 7) is 4.35. The molecular weight excluding hydrogens is 763 g/mol. The zero-order chi connectivity index (χ0) is 44.9. The Balaban J connectivity index is 4.37. The molecule has 61 heavy (non-hydrogen) atoms. The molecule has 0 saturated heterocycles. The highest BCUT2D eigenvalue weighted by Gasteiger charge is 2.25. The molecule has 0 amide bonds. The van der Waals surface area contributed by atoms with E-state index in [9.17, 15) is 19.5 Å². The number of carboxylic acid groups (broad SMARTS) is 1. The van der Waals surface area contributed by atoms with Crippen LogP contribution in [-0.4, -0.2) is 75.5 Å². The van der Waals surface area contributed by atoms with Crippen molar-refractivity contribution in [3.05, 3.63) is 109 Å². The maximum Gasteiger partial charge on any atom is 0.306 e. The van der Waals surface area contributed by atoms with Gasteiger partial charge in [-0.2, -0.15) is 0 Å². The molecule has 0 aromatic rings. The number of rotatable bonds is 40. The van der Waals surface area contributed by atoms with Crippen molar-refractivity contribution in [3.8, 4) is 0 Å². The van der Waals surface area contributed by atoms with E-state index in [0.29, 0.717) is 6.42 Å². The molecule has 0 N–H and O–H groups in total. The first-order valence-corrected chi connectivity index (χ1v) is 23.5. The number of carboxylic acids is 1. The lowest BCUT2D eigenvalue weighted by Gasteiger charge is -2.34. The van der Waals surface area contributed by atoms with Crippen LogP contribution in [0.1, 0.15) is 155 Å². The van der Waals surface area contributed by atoms with Gasteiger partial charge >= 0.3 is 11.9 Å². The largest absolute Gasteiger partial charge is 0.544 e. The number of quaternary nitrogens is 1. The molecule has 0 aliphatic rings. The summed E-state index contributed by atoms with van der Waals surface area (Å²) in [6, 6.07) is -0.740. The highest BCUT2D eigenvalue weighted by molar-refractivity contribution is 5.70. The first-order valence-electron chi connectivity index (χ1n) is 23.5. The summed E-state index contributed by atoms with van der Waals surface area (Å²) in [6.07, 6.45) is 58.3. The second-order valence-corrected chi connectivity index (χ2v) is 16.3. The summed E-state index contributed by atoms with van der Waals surface area (Å²) in [5.74, 6) is -1.80. The summed E-state index contributed by atoms with van der Waals surface area (Å²) >= 11 is 0. The van der Waals surface area contributed by atoms with E-state index in [1.54, 1.807) is 21.1 Å². The zero-order valence-corrected chi connectivity index (χ0v) is 39.0. The quantitative estimate of drug-likeness (QED) is 0.0199. The highest BCUT2D eigenvalue weighted by Crippen LogP contribution is 2.13. The van der Waals surface area contributed by atoms with Crippen molar-refractivity contribution in [1.82, 2.24) is 0 Å². The molecule has 0 spiro atoms. The molecule has 0 heterocycles. The van der Waals surface area contributed by atoms with Gasteiger partial charge in [0.1, 0.15) is 12.6 Å². The summed E-state index contributed by atoms with van der Waals surface area (Å²) in [5.41, 5.74) is 0. The van der Waals surface area contributed by atoms with Gasteiger partial charge in [-0.3, -0.25) is 9.59 Å². The lowest BCUT2D eigenvalue weighted by atomic mass is 10.1. The van der Waals surface area contributed by atoms with Crippen LogP contribution in [0.2, 0.25) is 0 Å². The van der Waals surface area contributed by atoms with Gasteiger partial charge in [0.15, 0.2) is 6.10 Å². The fourth-order valence-electron chi connectivity index (χ4n) is 6.17. The van der Waals surface area contributed by atoms with Crippen molar-refractivity contribution in [2.24, 2.45) is 0 Å². The predicted octanol–water partition coefficient (Wildman–Crippen LogP) is 11.9. The van der Waals surface area contributed by atoms with Crippen molar-refractivity contribution in [2.45, 2.75) is 167 Å². The van der Waals surface area contributed by atoms with Crippen molar-refractivity contribution in [3.63, 3.8) is 0 Å². The average molecular weight is 848 g/mol. The molecule has 2 atom stereocenters. The van der Waals surface area contributed by atoms with Gasteiger partial charge in [-0.1, -0.05) is 168 Å². The topological polar surface area (TPSA) is 102 Å². The summed E-state index contributed by atoms with van der Waals surface area (Å²) in [5, 5.41) is 11.6. The van der Waals surface area contributed by atoms with E-state index in [1.165, 1.54) is 12.8 Å². The number of carbonyl (C=O) groups excluding carboxylic acids is 3. The number of unbranched alkanes of at least 4 members (excludes halogenated alkanes) is 11. The van der Waals surface area contributed by atoms with Crippen LogP contribution < -0.4 is 5.11 Å². The van der Waals surface area contributed by atoms with Gasteiger partial charge in [0, 0.05) is 19.3 Å². The maximum absolute atomic E-state index is 12.7. The van der Waals surface area contributed by atoms with Crippen LogP contribution in [0, 0.1) is 0 Å². The molecule has 0 radical (unpaired) electrons. The first kappa shape index (κ1) is 57.0. The van der Waals surface area contributed by atoms with Crippen molar-refractivity contribution in [2.75, 3.05) is 41.0 Å². The van der Waals surface area contributed by atoms with E-state index in [0.717, 1.165) is 109 Å². The lowest BCUT2D eigenvalue weighted by molar-refractivity contribution is -0.889. The van der Waals surface area contributed by atoms with E-state index in [1.807, 2.05) is 30.4 Å². The molecule has 344 valence electrons. The van der Waals surface area contributed by atoms with Gasteiger partial charge in [0.2, 0.25) is 0 Å². The van der Waals surface area contributed by atoms with Crippen molar-refractivity contribution >= 4 is 17.9 Å². The Bertz CT molecular complexity index is 1360. The summed E-state index contributed by atoms with van der Waals surface area (Å²) in [7, 11) is 5.38. The number of hydrogen-bond donors (Lipinski definition) is 0. The molecule has 0 aromatic heterocycles. The number of aliphatic carboxylic acids is 1. The Morgan fingerprint density at radius 1 is 0.508 bits per heavy atom. The number of ether oxygens (including phenoxy) is 3. The van der Waals surface area contributed by atoms with Gasteiger partial charge in [-0.05, 0) is 77.0 Å². The van der Waals surface area contributed by atoms with E-state index < -0.39 is 18.1 Å². The standard InChI is InChI=1S/C53H85NO7/c1-6-8-10-12-14-16-18-20-22-23-24-25-26-27-28-30-31-33-35-37-39-41-43-51(55)60-48-49(47-59-46-45-50(53(57)58)54(3,4)5)61-52(56)44-42-40-38-36-34-32-29-21-19-17-15-13-11-9-7-2/h8-11,13-17,19-22,24-25,27-29,49-50H,6-7,12,18,23,26,30-48H2,1-5H3/b10-8+,11-9+,15-13+,16-14+,19-17+,22-20+,25-24+,28-27+,29-21+. The fraction of sp³-hybridized carbons (Fsp3) is 0.604. The van der Waals surface area contributed by atoms with E-state index in [4.69, 9.17) is 14.2 Å². The third-order valence-electron chi connectivity index (χ3n) is 9.75. The van der Waals surface area contributed by atoms with E-state index in [-0.39, 0.29) is 49.1 Å². The molecule has 0 aliphatic heterocycles. The third kappa shape index (κ3) is 41.1. The predicted molar refractivity (Wildman–Crippen MR) is 254 cm³/mol. The smallest absolute Gasteiger partial charge is 0.306 e. The van der Waals surface area contributed by atoms with Crippen LogP contribution in [0.25, 0.3) is 0 Å². The Kier molecular flexibility index (Phi) is 39.9. The molecule has 0 aromatic carbocycles. The SMILES string of the molecule is CC/C=C/C=C/C=C/C=C/CCCCCCCC(=O)OC(COCCC(C(=O)[O-])[N+](C)(C)C)COC(=O)CCCCCCCC/C=C/C/C=C/C/C=C/C/C=C/C/C=C/CC. The second kappa shape index (κ2) is 42.7. The minimum absolute atomic E-state index is 0.0183. The Hall–Kier alpha value is -4.01. The van der Waals surface area contributed by atoms with Gasteiger partial charge < -0.3 is 28.6 Å². The monoisotopic (exact) mass is 848 g/mol. The van der Waals surface area contributed by atoms with Crippen LogP contribution in [0.4, 0.5) is 0 Å². The molecule has 0 rings (SSSR count). The summed E-state index contributed by atoms with van der Waals surface area (Å²) < 4.78 is 17.2. The molecular formula is C53H85NO7. The van der Waals surface area contributed by atoms with Crippen LogP contribution >= 0.6 is 0 Å². The molecule has 8 heteroatoms. The Labute approximate surface area is 372 Å². The maximum atomic E-state index is 12.7. The van der Waals surface area contributed by atoms with Crippen LogP contribution in [-0.2, 0) is 28.6 Å². The van der Waals surface area contributed by atoms with Gasteiger partial charge in [0.25, 0.3) is 0 Å². The fourth-order valence-corrected chi connectivity index (χ4v) is 6.17. The minimum Gasteiger partial charge on any atom is -0.544 e. The molecule has 2 unspecified atom stereocenters. The first-order chi connectivity index (χ1) is 29.6. The zero-order valence-electron chi connectivity index (χ0n) is 39.0. The van der Waals surface area contributed by atoms with Gasteiger partial charge in [-0.15, -0.1) is 0 Å². The van der Waals surface area contributed by atoms with Crippen molar-refractivity contribution < 1.29 is 38.2 Å². The number of likely N-dealkylation sites (N-methyl/N-ethyl adjacent to an activating group) is 1. The summed E-state index contributed by atoms with van der Waals surface area (Å²) in [4.78, 5) is 36.9. The van der Waals surface area contributed by atoms with Crippen LogP contribution in [0.5, 0.6) is 0 Å². The minimum atomic E-state index is -1.14. The number of nitrogens with zero attached hydrogens (tertiary/aromatic N) is 1. The van der Waals surface area contributed by atoms with Crippen LogP contribution in [0.3, 0.4) is 0 Å². The van der Waals surface area contributed by atoms with Crippen LogP contribution in [0.15, 0.2) is 109 Å². The molecule has 8 nitrogen and oxygen atoms in total. The van der Waals surface area contributed by atoms with Gasteiger partial charge in [0.05, 0.1) is 40.3 Å². The normalized spacial score (nSPS) is 13.9. The van der Waals surface area contributed by atoms with E-state index >= 15 is 0 Å². The Morgan fingerprint density at radius 2 is 0.951 bits per heavy atom. The number of allylic oxidation sites excluding steroid dienone is 18. The lowest BCUT2D eigenvalue weighted by Crippen LogP contribution is -2.55. The number of hydrogen-bond acceptors (Lipinski definition) is 7. The van der Waals surface area contributed by atoms with Crippen molar-refractivity contribution in [1.29, 1.82) is 0 Å². The number of esters is 2. The third-order valence-corrected chi connectivity index (χ3v) is 9.75.